The van der Waals surface area contributed by atoms with Gasteiger partial charge in [0.15, 0.2) is 0 Å². The fourth-order valence-corrected chi connectivity index (χ4v) is 2.66. The molecule has 2 N–H and O–H groups in total. The van der Waals surface area contributed by atoms with Crippen LogP contribution in [0.25, 0.3) is 16.6 Å². The summed E-state index contributed by atoms with van der Waals surface area (Å²) in [5, 5.41) is -0.306. The molecule has 0 radical (unpaired) electrons. The van der Waals surface area contributed by atoms with Crippen LogP contribution in [0, 0.1) is 17.5 Å². The van der Waals surface area contributed by atoms with Crippen molar-refractivity contribution in [3.8, 4) is 5.69 Å². The van der Waals surface area contributed by atoms with E-state index in [1.54, 1.807) is 0 Å². The highest BCUT2D eigenvalue weighted by molar-refractivity contribution is 6.35. The van der Waals surface area contributed by atoms with E-state index in [2.05, 4.69) is 4.98 Å². The number of fused-ring (bicyclic) bond motifs is 1. The largest absolute Gasteiger partial charge is 0.322 e. The minimum absolute atomic E-state index is 0.00463. The summed E-state index contributed by atoms with van der Waals surface area (Å²) in [5.41, 5.74) is 4.79. The molecule has 0 amide bonds. The van der Waals surface area contributed by atoms with Crippen LogP contribution >= 0.6 is 11.6 Å². The minimum Gasteiger partial charge on any atom is -0.322 e. The lowest BCUT2D eigenvalue weighted by Crippen LogP contribution is -2.28. The zero-order valence-corrected chi connectivity index (χ0v) is 13.1. The van der Waals surface area contributed by atoms with Crippen molar-refractivity contribution in [2.45, 2.75) is 13.0 Å². The lowest BCUT2D eigenvalue weighted by Gasteiger charge is -2.16. The van der Waals surface area contributed by atoms with Crippen molar-refractivity contribution >= 4 is 22.5 Å². The van der Waals surface area contributed by atoms with Gasteiger partial charge >= 0.3 is 0 Å². The Morgan fingerprint density at radius 1 is 1.17 bits per heavy atom. The molecule has 4 nitrogen and oxygen atoms in total. The number of halogens is 4. The molecule has 3 rings (SSSR count). The summed E-state index contributed by atoms with van der Waals surface area (Å²) < 4.78 is 42.1. The smallest absolute Gasteiger partial charge is 0.269 e. The van der Waals surface area contributed by atoms with Gasteiger partial charge in [-0.1, -0.05) is 11.6 Å². The van der Waals surface area contributed by atoms with E-state index in [0.29, 0.717) is 6.07 Å². The fraction of sp³-hybridized carbons (Fsp3) is 0.125. The summed E-state index contributed by atoms with van der Waals surface area (Å²) >= 11 is 5.99. The van der Waals surface area contributed by atoms with E-state index >= 15 is 0 Å². The van der Waals surface area contributed by atoms with Crippen LogP contribution < -0.4 is 11.3 Å². The van der Waals surface area contributed by atoms with Gasteiger partial charge in [-0.25, -0.2) is 18.2 Å². The van der Waals surface area contributed by atoms with Crippen molar-refractivity contribution in [3.63, 3.8) is 0 Å². The average molecular weight is 354 g/mol. The van der Waals surface area contributed by atoms with Crippen LogP contribution in [0.5, 0.6) is 0 Å². The van der Waals surface area contributed by atoms with Crippen molar-refractivity contribution < 1.29 is 13.2 Å². The summed E-state index contributed by atoms with van der Waals surface area (Å²) in [6.07, 6.45) is 0. The molecule has 3 aromatic rings. The maximum Gasteiger partial charge on any atom is 0.269 e. The van der Waals surface area contributed by atoms with Gasteiger partial charge in [0.25, 0.3) is 5.56 Å². The van der Waals surface area contributed by atoms with Gasteiger partial charge in [-0.3, -0.25) is 9.36 Å². The number of hydrogen-bond donors (Lipinski definition) is 1. The average Bonchev–Trinajstić information content (AvgIpc) is 2.49. The molecule has 0 aliphatic carbocycles. The Morgan fingerprint density at radius 3 is 2.38 bits per heavy atom. The van der Waals surface area contributed by atoms with E-state index in [-0.39, 0.29) is 27.4 Å². The summed E-state index contributed by atoms with van der Waals surface area (Å²) in [5.74, 6) is -2.61. The van der Waals surface area contributed by atoms with Gasteiger partial charge in [-0.15, -0.1) is 0 Å². The second kappa shape index (κ2) is 5.92. The second-order valence-corrected chi connectivity index (χ2v) is 5.69. The van der Waals surface area contributed by atoms with Gasteiger partial charge in [0.05, 0.1) is 22.3 Å². The summed E-state index contributed by atoms with van der Waals surface area (Å²) in [6.45, 7) is 1.53. The van der Waals surface area contributed by atoms with E-state index in [4.69, 9.17) is 17.3 Å². The number of nitrogens with two attached hydrogens (primary N) is 1. The maximum absolute atomic E-state index is 14.1. The van der Waals surface area contributed by atoms with Crippen LogP contribution in [0.3, 0.4) is 0 Å². The molecule has 1 atom stereocenters. The van der Waals surface area contributed by atoms with Gasteiger partial charge in [0.1, 0.15) is 28.7 Å². The Kier molecular flexibility index (Phi) is 4.06. The highest BCUT2D eigenvalue weighted by Crippen LogP contribution is 2.25. The Hall–Kier alpha value is -2.38. The minimum atomic E-state index is -0.890. The van der Waals surface area contributed by atoms with Crippen molar-refractivity contribution in [2.24, 2.45) is 5.73 Å². The van der Waals surface area contributed by atoms with Gasteiger partial charge in [0.2, 0.25) is 0 Å². The Labute approximate surface area is 139 Å². The molecular weight excluding hydrogens is 343 g/mol. The molecule has 0 aliphatic rings. The van der Waals surface area contributed by atoms with Gasteiger partial charge < -0.3 is 5.73 Å². The van der Waals surface area contributed by atoms with Gasteiger partial charge in [0, 0.05) is 6.07 Å². The molecule has 124 valence electrons. The molecule has 8 heteroatoms. The highest BCUT2D eigenvalue weighted by atomic mass is 35.5. The third kappa shape index (κ3) is 2.65. The van der Waals surface area contributed by atoms with E-state index in [1.807, 2.05) is 0 Å². The second-order valence-electron chi connectivity index (χ2n) is 5.28. The Balaban J connectivity index is 2.51. The molecule has 2 aromatic carbocycles. The molecule has 1 aromatic heterocycles. The maximum atomic E-state index is 14.1. The zero-order valence-electron chi connectivity index (χ0n) is 12.4. The predicted octanol–water partition coefficient (Wildman–Crippen LogP) is 3.48. The fourth-order valence-electron chi connectivity index (χ4n) is 2.46. The lowest BCUT2D eigenvalue weighted by atomic mass is 10.2. The molecule has 1 heterocycles. The first-order valence-corrected chi connectivity index (χ1v) is 7.30. The van der Waals surface area contributed by atoms with E-state index < -0.39 is 29.1 Å². The number of hydrogen-bond acceptors (Lipinski definition) is 3. The van der Waals surface area contributed by atoms with Gasteiger partial charge in [-0.2, -0.15) is 0 Å². The van der Waals surface area contributed by atoms with Crippen molar-refractivity contribution in [2.75, 3.05) is 0 Å². The quantitative estimate of drug-likeness (QED) is 0.767. The Morgan fingerprint density at radius 2 is 1.79 bits per heavy atom. The number of nitrogens with zero attached hydrogens (tertiary/aromatic N) is 2. The third-order valence-corrected chi connectivity index (χ3v) is 3.77. The van der Waals surface area contributed by atoms with Crippen LogP contribution in [0.2, 0.25) is 5.02 Å². The third-order valence-electron chi connectivity index (χ3n) is 3.46. The van der Waals surface area contributed by atoms with Crippen LogP contribution in [0.15, 0.2) is 35.1 Å². The number of aromatic nitrogens is 2. The molecule has 0 aliphatic heterocycles. The molecule has 0 saturated carbocycles. The summed E-state index contributed by atoms with van der Waals surface area (Å²) in [4.78, 5) is 16.9. The molecule has 0 saturated heterocycles. The molecule has 0 fully saturated rings. The molecule has 1 unspecified atom stereocenters. The van der Waals surface area contributed by atoms with Crippen molar-refractivity contribution in [3.05, 3.63) is 69.0 Å². The number of rotatable bonds is 2. The van der Waals surface area contributed by atoms with Crippen LogP contribution in [-0.2, 0) is 0 Å². The standard InChI is InChI=1S/C16H11ClF3N3O/c1-7(21)15-22-14-11(17)2-3-12(20)13(14)16(24)23(15)10-5-8(18)4-9(19)6-10/h2-7H,21H2,1H3. The predicted molar refractivity (Wildman–Crippen MR) is 84.8 cm³/mol. The summed E-state index contributed by atoms with van der Waals surface area (Å²) in [6, 6.07) is 4.05. The molecule has 0 spiro atoms. The first kappa shape index (κ1) is 16.5. The van der Waals surface area contributed by atoms with E-state index in [0.717, 1.165) is 22.8 Å². The van der Waals surface area contributed by atoms with Crippen LogP contribution in [-0.4, -0.2) is 9.55 Å². The topological polar surface area (TPSA) is 60.9 Å². The van der Waals surface area contributed by atoms with Crippen LogP contribution in [0.4, 0.5) is 13.2 Å². The first-order valence-electron chi connectivity index (χ1n) is 6.92. The van der Waals surface area contributed by atoms with Crippen molar-refractivity contribution in [1.29, 1.82) is 0 Å². The van der Waals surface area contributed by atoms with E-state index in [9.17, 15) is 18.0 Å². The van der Waals surface area contributed by atoms with Crippen LogP contribution in [0.1, 0.15) is 18.8 Å². The van der Waals surface area contributed by atoms with Crippen molar-refractivity contribution in [1.82, 2.24) is 9.55 Å². The van der Waals surface area contributed by atoms with E-state index in [1.165, 1.54) is 13.0 Å². The number of benzene rings is 2. The summed E-state index contributed by atoms with van der Waals surface area (Å²) in [7, 11) is 0. The molecule has 24 heavy (non-hydrogen) atoms. The first-order chi connectivity index (χ1) is 11.3. The Bertz CT molecular complexity index is 997. The molecular formula is C16H11ClF3N3O. The SMILES string of the molecule is CC(N)c1nc2c(Cl)ccc(F)c2c(=O)n1-c1cc(F)cc(F)c1. The van der Waals surface area contributed by atoms with Gasteiger partial charge in [-0.05, 0) is 31.2 Å². The zero-order chi connectivity index (χ0) is 17.6. The lowest BCUT2D eigenvalue weighted by molar-refractivity contribution is 0.579. The highest BCUT2D eigenvalue weighted by Gasteiger charge is 2.20. The normalized spacial score (nSPS) is 12.6. The monoisotopic (exact) mass is 353 g/mol. The molecule has 0 bridgehead atoms.